The Kier molecular flexibility index (Phi) is 6.18. The maximum Gasteiger partial charge on any atom is 0.311 e. The highest BCUT2D eigenvalue weighted by Crippen LogP contribution is 2.47. The Morgan fingerprint density at radius 2 is 1.71 bits per heavy atom. The molecule has 0 aromatic heterocycles. The molecule has 3 aromatic carbocycles. The van der Waals surface area contributed by atoms with E-state index in [0.29, 0.717) is 24.1 Å². The number of anilines is 1. The Morgan fingerprint density at radius 1 is 1.04 bits per heavy atom. The summed E-state index contributed by atoms with van der Waals surface area (Å²) >= 11 is 0. The summed E-state index contributed by atoms with van der Waals surface area (Å²) in [7, 11) is -3.77. The Bertz CT molecular complexity index is 1020. The predicted octanol–water partition coefficient (Wildman–Crippen LogP) is 5.61. The summed E-state index contributed by atoms with van der Waals surface area (Å²) in [6.07, 6.45) is 1.11. The highest BCUT2D eigenvalue weighted by Gasteiger charge is 2.27. The molecule has 3 rings (SSSR count). The first-order valence-electron chi connectivity index (χ1n) is 9.30. The van der Waals surface area contributed by atoms with E-state index < -0.39 is 19.4 Å². The average molecular weight is 397 g/mol. The smallest absolute Gasteiger partial charge is 0.311 e. The molecule has 3 N–H and O–H groups in total. The van der Waals surface area contributed by atoms with Crippen LogP contribution in [-0.4, -0.2) is 16.0 Å². The van der Waals surface area contributed by atoms with Gasteiger partial charge in [0.1, 0.15) is 0 Å². The third-order valence-corrected chi connectivity index (χ3v) is 6.11. The summed E-state index contributed by atoms with van der Waals surface area (Å²) < 4.78 is 12.9. The maximum absolute atomic E-state index is 12.9. The molecule has 0 radical (unpaired) electrons. The van der Waals surface area contributed by atoms with Crippen LogP contribution in [0.4, 0.5) is 5.69 Å². The summed E-state index contributed by atoms with van der Waals surface area (Å²) in [6, 6.07) is 20.1. The predicted molar refractivity (Wildman–Crippen MR) is 113 cm³/mol. The molecule has 0 saturated heterocycles. The van der Waals surface area contributed by atoms with Crippen molar-refractivity contribution in [3.8, 4) is 0 Å². The number of hydrogen-bond donors (Lipinski definition) is 3. The monoisotopic (exact) mass is 397 g/mol. The number of nitrogens with one attached hydrogen (secondary N) is 1. The van der Waals surface area contributed by atoms with Crippen LogP contribution in [0.1, 0.15) is 36.8 Å². The number of carboxylic acids is 1. The van der Waals surface area contributed by atoms with Gasteiger partial charge in [0.2, 0.25) is 0 Å². The molecular weight excluding hydrogens is 373 g/mol. The molecule has 5 nitrogen and oxygen atoms in total. The topological polar surface area (TPSA) is 86.6 Å². The van der Waals surface area contributed by atoms with E-state index in [0.717, 1.165) is 16.3 Å². The van der Waals surface area contributed by atoms with E-state index >= 15 is 0 Å². The Balaban J connectivity index is 2.06. The molecule has 2 atom stereocenters. The SMILES string of the molecule is CCCC(C(=O)O)c1c(NP(=O)(O)Cc2ccccc2)ccc2ccccc12. The zero-order chi connectivity index (χ0) is 20.1. The summed E-state index contributed by atoms with van der Waals surface area (Å²) in [6.45, 7) is 1.93. The number of hydrogen-bond acceptors (Lipinski definition) is 2. The van der Waals surface area contributed by atoms with E-state index in [1.54, 1.807) is 18.2 Å². The Hall–Kier alpha value is -2.62. The van der Waals surface area contributed by atoms with Gasteiger partial charge in [-0.2, -0.15) is 0 Å². The van der Waals surface area contributed by atoms with Gasteiger partial charge in [-0.05, 0) is 34.4 Å². The second kappa shape index (κ2) is 8.59. The molecule has 0 bridgehead atoms. The van der Waals surface area contributed by atoms with Gasteiger partial charge in [-0.1, -0.05) is 74.0 Å². The summed E-state index contributed by atoms with van der Waals surface area (Å²) in [5.41, 5.74) is 1.71. The van der Waals surface area contributed by atoms with Crippen LogP contribution in [-0.2, 0) is 15.5 Å². The number of carboxylic acid groups (broad SMARTS) is 1. The van der Waals surface area contributed by atoms with Gasteiger partial charge in [0.05, 0.1) is 12.1 Å². The van der Waals surface area contributed by atoms with Crippen molar-refractivity contribution in [2.24, 2.45) is 0 Å². The van der Waals surface area contributed by atoms with Crippen molar-refractivity contribution in [1.82, 2.24) is 0 Å². The lowest BCUT2D eigenvalue weighted by molar-refractivity contribution is -0.138. The number of aliphatic carboxylic acids is 1. The van der Waals surface area contributed by atoms with E-state index in [1.807, 2.05) is 55.5 Å². The van der Waals surface area contributed by atoms with Gasteiger partial charge in [-0.25, -0.2) is 0 Å². The van der Waals surface area contributed by atoms with Crippen LogP contribution in [0.15, 0.2) is 66.7 Å². The quantitative estimate of drug-likeness (QED) is 0.430. The van der Waals surface area contributed by atoms with E-state index in [-0.39, 0.29) is 6.16 Å². The standard InChI is InChI=1S/C22H24NO4P/c1-2-8-19(22(24)25)21-18-12-7-6-11-17(18)13-14-20(21)23-28(26,27)15-16-9-4-3-5-10-16/h3-7,9-14,19H,2,8,15H2,1H3,(H,24,25)(H2,23,26,27). The van der Waals surface area contributed by atoms with Crippen LogP contribution < -0.4 is 5.09 Å². The molecule has 28 heavy (non-hydrogen) atoms. The summed E-state index contributed by atoms with van der Waals surface area (Å²) in [4.78, 5) is 22.5. The molecule has 0 amide bonds. The van der Waals surface area contributed by atoms with E-state index in [2.05, 4.69) is 5.09 Å². The molecule has 0 aliphatic carbocycles. The Morgan fingerprint density at radius 3 is 2.39 bits per heavy atom. The lowest BCUT2D eigenvalue weighted by atomic mass is 9.89. The lowest BCUT2D eigenvalue weighted by Gasteiger charge is -2.22. The summed E-state index contributed by atoms with van der Waals surface area (Å²) in [5.74, 6) is -1.69. The molecular formula is C22H24NO4P. The first-order valence-corrected chi connectivity index (χ1v) is 11.1. The van der Waals surface area contributed by atoms with Crippen molar-refractivity contribution in [2.45, 2.75) is 31.8 Å². The van der Waals surface area contributed by atoms with Crippen LogP contribution in [0.5, 0.6) is 0 Å². The van der Waals surface area contributed by atoms with Crippen LogP contribution in [0.3, 0.4) is 0 Å². The van der Waals surface area contributed by atoms with Gasteiger partial charge in [-0.15, -0.1) is 0 Å². The first kappa shape index (κ1) is 20.1. The largest absolute Gasteiger partial charge is 0.481 e. The van der Waals surface area contributed by atoms with Crippen LogP contribution in [0.2, 0.25) is 0 Å². The lowest BCUT2D eigenvalue weighted by Crippen LogP contribution is -2.14. The van der Waals surface area contributed by atoms with E-state index in [9.17, 15) is 19.4 Å². The van der Waals surface area contributed by atoms with E-state index in [4.69, 9.17) is 0 Å². The molecule has 0 aliphatic heterocycles. The fraction of sp³-hybridized carbons (Fsp3) is 0.227. The molecule has 0 spiro atoms. The number of fused-ring (bicyclic) bond motifs is 1. The molecule has 0 aliphatic rings. The van der Waals surface area contributed by atoms with Crippen molar-refractivity contribution in [3.05, 3.63) is 77.9 Å². The number of benzene rings is 3. The normalized spacial score (nSPS) is 14.4. The second-order valence-corrected chi connectivity index (χ2v) is 8.83. The van der Waals surface area contributed by atoms with Gasteiger partial charge in [-0.3, -0.25) is 9.36 Å². The number of carbonyl (C=O) groups is 1. The Labute approximate surface area is 164 Å². The third kappa shape index (κ3) is 4.61. The van der Waals surface area contributed by atoms with Crippen LogP contribution in [0.25, 0.3) is 10.8 Å². The van der Waals surface area contributed by atoms with Gasteiger partial charge in [0.25, 0.3) is 7.52 Å². The zero-order valence-electron chi connectivity index (χ0n) is 15.7. The highest BCUT2D eigenvalue weighted by molar-refractivity contribution is 7.58. The van der Waals surface area contributed by atoms with Crippen molar-refractivity contribution in [2.75, 3.05) is 5.09 Å². The van der Waals surface area contributed by atoms with Gasteiger partial charge in [0.15, 0.2) is 0 Å². The van der Waals surface area contributed by atoms with Gasteiger partial charge >= 0.3 is 5.97 Å². The van der Waals surface area contributed by atoms with Crippen molar-refractivity contribution in [3.63, 3.8) is 0 Å². The van der Waals surface area contributed by atoms with Gasteiger partial charge < -0.3 is 15.1 Å². The molecule has 0 saturated carbocycles. The number of rotatable bonds is 8. The minimum atomic E-state index is -3.77. The van der Waals surface area contributed by atoms with Crippen molar-refractivity contribution >= 4 is 29.9 Å². The van der Waals surface area contributed by atoms with Crippen molar-refractivity contribution in [1.29, 1.82) is 0 Å². The molecule has 2 unspecified atom stereocenters. The molecule has 0 fully saturated rings. The average Bonchev–Trinajstić information content (AvgIpc) is 2.66. The molecule has 6 heteroatoms. The summed E-state index contributed by atoms with van der Waals surface area (Å²) in [5, 5.41) is 14.3. The fourth-order valence-electron chi connectivity index (χ4n) is 3.51. The minimum Gasteiger partial charge on any atom is -0.481 e. The maximum atomic E-state index is 12.9. The zero-order valence-corrected chi connectivity index (χ0v) is 16.6. The van der Waals surface area contributed by atoms with Crippen molar-refractivity contribution < 1.29 is 19.4 Å². The van der Waals surface area contributed by atoms with Crippen LogP contribution in [0, 0.1) is 0 Å². The molecule has 0 heterocycles. The minimum absolute atomic E-state index is 0.0361. The second-order valence-electron chi connectivity index (χ2n) is 6.88. The van der Waals surface area contributed by atoms with Crippen LogP contribution >= 0.6 is 7.52 Å². The third-order valence-electron chi connectivity index (χ3n) is 4.73. The fourth-order valence-corrected chi connectivity index (χ4v) is 4.86. The van der Waals surface area contributed by atoms with E-state index in [1.165, 1.54) is 0 Å². The van der Waals surface area contributed by atoms with Gasteiger partial charge in [0, 0.05) is 5.69 Å². The molecule has 3 aromatic rings. The first-order chi connectivity index (χ1) is 13.4. The highest BCUT2D eigenvalue weighted by atomic mass is 31.2. The molecule has 146 valence electrons.